The van der Waals surface area contributed by atoms with Crippen molar-refractivity contribution in [3.05, 3.63) is 11.6 Å². The highest BCUT2D eigenvalue weighted by molar-refractivity contribution is 6.18. The van der Waals surface area contributed by atoms with Crippen LogP contribution in [-0.2, 0) is 0 Å². The predicted octanol–water partition coefficient (Wildman–Crippen LogP) is 2.79. The Bertz CT molecular complexity index is 165. The zero-order valence-corrected chi connectivity index (χ0v) is 9.28. The number of allylic oxidation sites excluding steroid dienone is 1. The van der Waals surface area contributed by atoms with Gasteiger partial charge in [-0.25, -0.2) is 0 Å². The fourth-order valence-corrected chi connectivity index (χ4v) is 1.59. The average molecular weight is 190 g/mol. The van der Waals surface area contributed by atoms with Gasteiger partial charge in [-0.05, 0) is 19.8 Å². The molecule has 0 fully saturated rings. The maximum Gasteiger partial charge on any atom is 0.0257 e. The Morgan fingerprint density at radius 2 is 2.17 bits per heavy atom. The van der Waals surface area contributed by atoms with Crippen LogP contribution in [0.2, 0.25) is 0 Å². The van der Waals surface area contributed by atoms with E-state index < -0.39 is 0 Å². The standard InChI is InChI=1S/C10H20ClN/c1-5-8(2)10(4,7-12)9(3)6-11/h5,9H,6-7,12H2,1-4H3/b8-5+/t9?,10-/m0/s1. The quantitative estimate of drug-likeness (QED) is 0.534. The molecule has 0 spiro atoms. The SMILES string of the molecule is C/C=C(\C)[C@](C)(CN)C(C)CCl. The molecular formula is C10H20ClN. The van der Waals surface area contributed by atoms with Crippen LogP contribution < -0.4 is 5.73 Å². The lowest BCUT2D eigenvalue weighted by atomic mass is 9.73. The van der Waals surface area contributed by atoms with E-state index in [1.54, 1.807) is 0 Å². The van der Waals surface area contributed by atoms with Gasteiger partial charge in [0, 0.05) is 17.8 Å². The van der Waals surface area contributed by atoms with Crippen molar-refractivity contribution in [3.8, 4) is 0 Å². The summed E-state index contributed by atoms with van der Waals surface area (Å²) in [6.45, 7) is 9.15. The first-order valence-corrected chi connectivity index (χ1v) is 4.95. The summed E-state index contributed by atoms with van der Waals surface area (Å²) < 4.78 is 0. The molecule has 0 aliphatic carbocycles. The normalized spacial score (nSPS) is 20.3. The number of hydrogen-bond donors (Lipinski definition) is 1. The van der Waals surface area contributed by atoms with Crippen molar-refractivity contribution in [2.75, 3.05) is 12.4 Å². The highest BCUT2D eigenvalue weighted by Crippen LogP contribution is 2.34. The summed E-state index contributed by atoms with van der Waals surface area (Å²) in [5.41, 5.74) is 7.16. The summed E-state index contributed by atoms with van der Waals surface area (Å²) in [5.74, 6) is 1.10. The zero-order chi connectivity index (χ0) is 9.78. The summed E-state index contributed by atoms with van der Waals surface area (Å²) in [7, 11) is 0. The van der Waals surface area contributed by atoms with Gasteiger partial charge in [0.1, 0.15) is 0 Å². The molecule has 0 saturated carbocycles. The van der Waals surface area contributed by atoms with Gasteiger partial charge >= 0.3 is 0 Å². The van der Waals surface area contributed by atoms with Crippen LogP contribution in [-0.4, -0.2) is 12.4 Å². The molecule has 2 heteroatoms. The third kappa shape index (κ3) is 2.24. The largest absolute Gasteiger partial charge is 0.330 e. The maximum absolute atomic E-state index is 5.83. The minimum Gasteiger partial charge on any atom is -0.330 e. The Kier molecular flexibility index (Phi) is 4.88. The maximum atomic E-state index is 5.83. The Hall–Kier alpha value is -0.0100. The third-order valence-corrected chi connectivity index (χ3v) is 3.54. The molecule has 12 heavy (non-hydrogen) atoms. The van der Waals surface area contributed by atoms with E-state index in [0.29, 0.717) is 18.3 Å². The van der Waals surface area contributed by atoms with E-state index in [1.807, 2.05) is 6.92 Å². The Balaban J connectivity index is 4.66. The first-order chi connectivity index (χ1) is 5.52. The van der Waals surface area contributed by atoms with Gasteiger partial charge in [0.15, 0.2) is 0 Å². The molecule has 0 radical (unpaired) electrons. The number of rotatable bonds is 4. The van der Waals surface area contributed by atoms with Crippen LogP contribution in [0.4, 0.5) is 0 Å². The van der Waals surface area contributed by atoms with Crippen molar-refractivity contribution in [1.82, 2.24) is 0 Å². The monoisotopic (exact) mass is 189 g/mol. The van der Waals surface area contributed by atoms with Crippen LogP contribution in [0, 0.1) is 11.3 Å². The van der Waals surface area contributed by atoms with E-state index in [-0.39, 0.29) is 5.41 Å². The van der Waals surface area contributed by atoms with Gasteiger partial charge in [-0.3, -0.25) is 0 Å². The van der Waals surface area contributed by atoms with Crippen LogP contribution >= 0.6 is 11.6 Å². The second-order valence-electron chi connectivity index (χ2n) is 3.65. The number of halogens is 1. The summed E-state index contributed by atoms with van der Waals surface area (Å²) in [6.07, 6.45) is 2.12. The smallest absolute Gasteiger partial charge is 0.0257 e. The van der Waals surface area contributed by atoms with E-state index in [4.69, 9.17) is 17.3 Å². The molecule has 0 saturated heterocycles. The fourth-order valence-electron chi connectivity index (χ4n) is 1.25. The second-order valence-corrected chi connectivity index (χ2v) is 3.96. The minimum absolute atomic E-state index is 0.0660. The van der Waals surface area contributed by atoms with Gasteiger partial charge in [0.2, 0.25) is 0 Å². The molecule has 0 aromatic carbocycles. The summed E-state index contributed by atoms with van der Waals surface area (Å²) in [6, 6.07) is 0. The molecular weight excluding hydrogens is 170 g/mol. The molecule has 72 valence electrons. The van der Waals surface area contributed by atoms with E-state index >= 15 is 0 Å². The second kappa shape index (κ2) is 4.88. The molecule has 0 bridgehead atoms. The number of alkyl halides is 1. The highest BCUT2D eigenvalue weighted by Gasteiger charge is 2.30. The van der Waals surface area contributed by atoms with E-state index in [2.05, 4.69) is 26.8 Å². The van der Waals surface area contributed by atoms with Gasteiger partial charge in [-0.15, -0.1) is 11.6 Å². The summed E-state index contributed by atoms with van der Waals surface area (Å²) in [5, 5.41) is 0. The molecule has 0 heterocycles. The first-order valence-electron chi connectivity index (χ1n) is 4.42. The first kappa shape index (κ1) is 12.0. The van der Waals surface area contributed by atoms with Gasteiger partial charge < -0.3 is 5.73 Å². The van der Waals surface area contributed by atoms with Gasteiger partial charge in [0.05, 0.1) is 0 Å². The van der Waals surface area contributed by atoms with Crippen molar-refractivity contribution >= 4 is 11.6 Å². The molecule has 0 aliphatic heterocycles. The van der Waals surface area contributed by atoms with E-state index in [1.165, 1.54) is 5.57 Å². The predicted molar refractivity (Wildman–Crippen MR) is 56.5 cm³/mol. The molecule has 0 aromatic rings. The van der Waals surface area contributed by atoms with Gasteiger partial charge in [-0.1, -0.05) is 25.5 Å². The van der Waals surface area contributed by atoms with Crippen molar-refractivity contribution in [1.29, 1.82) is 0 Å². The van der Waals surface area contributed by atoms with Crippen LogP contribution in [0.3, 0.4) is 0 Å². The molecule has 0 aliphatic rings. The number of nitrogens with two attached hydrogens (primary N) is 1. The van der Waals surface area contributed by atoms with Crippen molar-refractivity contribution < 1.29 is 0 Å². The van der Waals surface area contributed by atoms with Crippen LogP contribution in [0.15, 0.2) is 11.6 Å². The molecule has 2 atom stereocenters. The zero-order valence-electron chi connectivity index (χ0n) is 8.52. The molecule has 0 rings (SSSR count). The summed E-state index contributed by atoms with van der Waals surface area (Å²) >= 11 is 5.83. The Morgan fingerprint density at radius 1 is 1.67 bits per heavy atom. The van der Waals surface area contributed by atoms with Crippen molar-refractivity contribution in [2.24, 2.45) is 17.1 Å². The molecule has 1 nitrogen and oxygen atoms in total. The van der Waals surface area contributed by atoms with Gasteiger partial charge in [-0.2, -0.15) is 0 Å². The Labute approximate surface area is 81.0 Å². The minimum atomic E-state index is 0.0660. The molecule has 0 aromatic heterocycles. The lowest BCUT2D eigenvalue weighted by Gasteiger charge is -2.34. The van der Waals surface area contributed by atoms with Crippen LogP contribution in [0.25, 0.3) is 0 Å². The lowest BCUT2D eigenvalue weighted by Crippen LogP contribution is -2.35. The van der Waals surface area contributed by atoms with Crippen molar-refractivity contribution in [3.63, 3.8) is 0 Å². The fraction of sp³-hybridized carbons (Fsp3) is 0.800. The molecule has 2 N–H and O–H groups in total. The average Bonchev–Trinajstić information content (AvgIpc) is 2.13. The number of hydrogen-bond acceptors (Lipinski definition) is 1. The highest BCUT2D eigenvalue weighted by atomic mass is 35.5. The molecule has 1 unspecified atom stereocenters. The molecule has 0 amide bonds. The topological polar surface area (TPSA) is 26.0 Å². The van der Waals surface area contributed by atoms with Crippen LogP contribution in [0.1, 0.15) is 27.7 Å². The van der Waals surface area contributed by atoms with E-state index in [0.717, 1.165) is 0 Å². The van der Waals surface area contributed by atoms with Crippen molar-refractivity contribution in [2.45, 2.75) is 27.7 Å². The third-order valence-electron chi connectivity index (χ3n) is 3.08. The van der Waals surface area contributed by atoms with Gasteiger partial charge in [0.25, 0.3) is 0 Å². The summed E-state index contributed by atoms with van der Waals surface area (Å²) in [4.78, 5) is 0. The van der Waals surface area contributed by atoms with E-state index in [9.17, 15) is 0 Å². The van der Waals surface area contributed by atoms with Crippen LogP contribution in [0.5, 0.6) is 0 Å². The Morgan fingerprint density at radius 3 is 2.42 bits per heavy atom. The lowest BCUT2D eigenvalue weighted by molar-refractivity contribution is 0.290.